The van der Waals surface area contributed by atoms with E-state index in [0.29, 0.717) is 32.6 Å². The Hall–Kier alpha value is -3.79. The smallest absolute Gasteiger partial charge is 0.224 e. The maximum atomic E-state index is 12.9. The molecule has 10 nitrogen and oxygen atoms in total. The highest BCUT2D eigenvalue weighted by Gasteiger charge is 2.12. The van der Waals surface area contributed by atoms with Gasteiger partial charge in [0.05, 0.1) is 6.42 Å². The van der Waals surface area contributed by atoms with Crippen LogP contribution in [-0.2, 0) is 17.8 Å². The van der Waals surface area contributed by atoms with Crippen molar-refractivity contribution in [2.45, 2.75) is 59.4 Å². The number of benzene rings is 1. The number of aliphatic imine (C=N–C) groups is 2. The summed E-state index contributed by atoms with van der Waals surface area (Å²) in [4.78, 5) is 23.3. The fraction of sp³-hybridized carbons (Fsp3) is 0.500. The number of guanidine groups is 2. The minimum absolute atomic E-state index is 0.0114. The lowest BCUT2D eigenvalue weighted by Gasteiger charge is -2.22. The third-order valence-electron chi connectivity index (χ3n) is 6.55. The summed E-state index contributed by atoms with van der Waals surface area (Å²) in [6, 6.07) is 8.28. The third kappa shape index (κ3) is 12.8. The number of nitrogens with one attached hydrogen (secondary N) is 1. The van der Waals surface area contributed by atoms with Crippen LogP contribution in [0.5, 0.6) is 0 Å². The molecule has 0 fully saturated rings. The molecule has 1 aromatic heterocycles. The average molecular weight is 552 g/mol. The summed E-state index contributed by atoms with van der Waals surface area (Å²) in [6.45, 7) is 11.2. The van der Waals surface area contributed by atoms with Crippen LogP contribution in [0.1, 0.15) is 52.0 Å². The molecule has 9 N–H and O–H groups in total. The maximum Gasteiger partial charge on any atom is 0.224 e. The summed E-state index contributed by atoms with van der Waals surface area (Å²) >= 11 is 0. The van der Waals surface area contributed by atoms with Crippen molar-refractivity contribution in [3.8, 4) is 0 Å². The first-order chi connectivity index (χ1) is 19.2. The fourth-order valence-electron chi connectivity index (χ4n) is 4.49. The number of nitrogens with two attached hydrogens (primary N) is 4. The Balaban J connectivity index is 1.94. The number of hydrogen-bond acceptors (Lipinski definition) is 4. The molecule has 0 atom stereocenters. The molecular weight excluding hydrogens is 502 g/mol. The van der Waals surface area contributed by atoms with Crippen LogP contribution in [-0.4, -0.2) is 66.6 Å². The predicted molar refractivity (Wildman–Crippen MR) is 168 cm³/mol. The Kier molecular flexibility index (Phi) is 14.4. The Morgan fingerprint density at radius 1 is 0.950 bits per heavy atom. The molecule has 220 valence electrons. The molecular formula is C30H49N9O. The summed E-state index contributed by atoms with van der Waals surface area (Å²) in [5, 5.41) is 4.21. The molecule has 40 heavy (non-hydrogen) atoms. The lowest BCUT2D eigenvalue weighted by atomic mass is 10.1. The molecule has 0 aliphatic heterocycles. The van der Waals surface area contributed by atoms with Crippen molar-refractivity contribution in [3.05, 3.63) is 59.3 Å². The van der Waals surface area contributed by atoms with Crippen LogP contribution >= 0.6 is 0 Å². The van der Waals surface area contributed by atoms with Crippen LogP contribution in [0.15, 0.2) is 63.7 Å². The minimum Gasteiger partial charge on any atom is -0.370 e. The SMILES string of the molecule is CC(C)=CCC/C(C)=C/Cn1cc(CC(=O)NCCN(CCCN=C(N)N)CCCN=C(N)N)c2ccccc21. The normalized spacial score (nSPS) is 11.4. The molecule has 1 amide bonds. The first-order valence-electron chi connectivity index (χ1n) is 14.1. The first-order valence-corrected chi connectivity index (χ1v) is 14.1. The summed E-state index contributed by atoms with van der Waals surface area (Å²) in [7, 11) is 0. The molecule has 0 aliphatic carbocycles. The highest BCUT2D eigenvalue weighted by molar-refractivity contribution is 5.89. The number of rotatable bonds is 18. The second-order valence-electron chi connectivity index (χ2n) is 10.4. The van der Waals surface area contributed by atoms with Crippen LogP contribution in [0.3, 0.4) is 0 Å². The Labute approximate surface area is 239 Å². The van der Waals surface area contributed by atoms with Gasteiger partial charge in [0, 0.05) is 49.8 Å². The monoisotopic (exact) mass is 551 g/mol. The lowest BCUT2D eigenvalue weighted by molar-refractivity contribution is -0.120. The zero-order valence-electron chi connectivity index (χ0n) is 24.5. The number of amides is 1. The van der Waals surface area contributed by atoms with Gasteiger partial charge in [0.25, 0.3) is 0 Å². The highest BCUT2D eigenvalue weighted by Crippen LogP contribution is 2.22. The molecule has 10 heteroatoms. The van der Waals surface area contributed by atoms with Gasteiger partial charge in [0.1, 0.15) is 0 Å². The van der Waals surface area contributed by atoms with Gasteiger partial charge in [-0.25, -0.2) is 0 Å². The number of carbonyl (C=O) groups is 1. The zero-order chi connectivity index (χ0) is 29.3. The molecule has 2 aromatic rings. The van der Waals surface area contributed by atoms with Gasteiger partial charge in [0.2, 0.25) is 5.91 Å². The lowest BCUT2D eigenvalue weighted by Crippen LogP contribution is -2.37. The number of carbonyl (C=O) groups excluding carboxylic acids is 1. The number of aromatic nitrogens is 1. The topological polar surface area (TPSA) is 166 Å². The summed E-state index contributed by atoms with van der Waals surface area (Å²) < 4.78 is 2.23. The number of nitrogens with zero attached hydrogens (tertiary/aromatic N) is 4. The van der Waals surface area contributed by atoms with Crippen LogP contribution in [0.25, 0.3) is 10.9 Å². The molecule has 0 unspecified atom stereocenters. The van der Waals surface area contributed by atoms with Crippen LogP contribution in [0, 0.1) is 0 Å². The molecule has 1 heterocycles. The van der Waals surface area contributed by atoms with Gasteiger partial charge >= 0.3 is 0 Å². The largest absolute Gasteiger partial charge is 0.370 e. The second kappa shape index (κ2) is 17.7. The van der Waals surface area contributed by atoms with Gasteiger partial charge in [0.15, 0.2) is 11.9 Å². The van der Waals surface area contributed by atoms with Crippen molar-refractivity contribution in [1.82, 2.24) is 14.8 Å². The number of allylic oxidation sites excluding steroid dienone is 4. The van der Waals surface area contributed by atoms with Crippen molar-refractivity contribution in [3.63, 3.8) is 0 Å². The molecule has 0 spiro atoms. The third-order valence-corrected chi connectivity index (χ3v) is 6.55. The second-order valence-corrected chi connectivity index (χ2v) is 10.4. The van der Waals surface area contributed by atoms with Gasteiger partial charge in [-0.15, -0.1) is 0 Å². The van der Waals surface area contributed by atoms with Gasteiger partial charge in [-0.2, -0.15) is 0 Å². The molecule has 0 aliphatic rings. The van der Waals surface area contributed by atoms with Crippen molar-refractivity contribution in [1.29, 1.82) is 0 Å². The van der Waals surface area contributed by atoms with Gasteiger partial charge < -0.3 is 37.7 Å². The number of hydrogen-bond donors (Lipinski definition) is 5. The molecule has 1 aromatic carbocycles. The van der Waals surface area contributed by atoms with E-state index in [0.717, 1.165) is 61.8 Å². The van der Waals surface area contributed by atoms with E-state index in [2.05, 4.69) is 76.0 Å². The average Bonchev–Trinajstić information content (AvgIpc) is 3.24. The minimum atomic E-state index is 0.0114. The van der Waals surface area contributed by atoms with Crippen molar-refractivity contribution in [2.75, 3.05) is 39.3 Å². The maximum absolute atomic E-state index is 12.9. The molecule has 0 radical (unpaired) electrons. The van der Waals surface area contributed by atoms with Crippen LogP contribution in [0.4, 0.5) is 0 Å². The number of fused-ring (bicyclic) bond motifs is 1. The highest BCUT2D eigenvalue weighted by atomic mass is 16.1. The van der Waals surface area contributed by atoms with E-state index in [9.17, 15) is 4.79 Å². The van der Waals surface area contributed by atoms with Gasteiger partial charge in [-0.1, -0.05) is 41.5 Å². The summed E-state index contributed by atoms with van der Waals surface area (Å²) in [5.41, 5.74) is 26.6. The standard InChI is InChI=1S/C30H49N9O/c1-23(2)9-6-10-24(3)13-19-39-22-25(26-11-4-5-12-27(26)39)21-28(40)35-16-20-38(17-7-14-36-29(31)32)18-8-15-37-30(33)34/h4-5,9,11-13,22H,6-8,10,14-21H2,1-3H3,(H,35,40)(H4,31,32,36)(H4,33,34,37)/b24-13+. The van der Waals surface area contributed by atoms with E-state index in [4.69, 9.17) is 22.9 Å². The zero-order valence-corrected chi connectivity index (χ0v) is 24.5. The van der Waals surface area contributed by atoms with Crippen molar-refractivity contribution in [2.24, 2.45) is 32.9 Å². The quantitative estimate of drug-likeness (QED) is 0.0826. The fourth-order valence-corrected chi connectivity index (χ4v) is 4.49. The Morgan fingerprint density at radius 2 is 1.60 bits per heavy atom. The molecule has 0 saturated carbocycles. The van der Waals surface area contributed by atoms with Crippen LogP contribution in [0.2, 0.25) is 0 Å². The van der Waals surface area contributed by atoms with Gasteiger partial charge in [-0.3, -0.25) is 14.8 Å². The Morgan fingerprint density at radius 3 is 2.23 bits per heavy atom. The Bertz CT molecular complexity index is 1160. The molecule has 2 rings (SSSR count). The van der Waals surface area contributed by atoms with E-state index in [1.165, 1.54) is 11.1 Å². The van der Waals surface area contributed by atoms with E-state index in [-0.39, 0.29) is 17.8 Å². The molecule has 0 bridgehead atoms. The van der Waals surface area contributed by atoms with Gasteiger partial charge in [-0.05, 0) is 71.2 Å². The first kappa shape index (κ1) is 32.4. The van der Waals surface area contributed by atoms with E-state index >= 15 is 0 Å². The van der Waals surface area contributed by atoms with E-state index < -0.39 is 0 Å². The summed E-state index contributed by atoms with van der Waals surface area (Å²) in [6.07, 6.45) is 10.8. The predicted octanol–water partition coefficient (Wildman–Crippen LogP) is 2.62. The van der Waals surface area contributed by atoms with Crippen molar-refractivity contribution >= 4 is 28.7 Å². The van der Waals surface area contributed by atoms with E-state index in [1.807, 2.05) is 12.1 Å². The van der Waals surface area contributed by atoms with Crippen LogP contribution < -0.4 is 28.3 Å². The number of para-hydroxylation sites is 1. The summed E-state index contributed by atoms with van der Waals surface area (Å²) in [5.74, 6) is 0.203. The van der Waals surface area contributed by atoms with E-state index in [1.54, 1.807) is 0 Å². The van der Waals surface area contributed by atoms with Crippen molar-refractivity contribution < 1.29 is 4.79 Å². The molecule has 0 saturated heterocycles.